The van der Waals surface area contributed by atoms with Crippen LogP contribution < -0.4 is 11.1 Å². The van der Waals surface area contributed by atoms with Crippen LogP contribution in [0.5, 0.6) is 0 Å². The van der Waals surface area contributed by atoms with Crippen molar-refractivity contribution in [3.63, 3.8) is 0 Å². The molecule has 0 atom stereocenters. The Morgan fingerprint density at radius 3 is 3.00 bits per heavy atom. The van der Waals surface area contributed by atoms with Crippen LogP contribution in [0.15, 0.2) is 24.7 Å². The van der Waals surface area contributed by atoms with Crippen molar-refractivity contribution >= 4 is 11.6 Å². The average Bonchev–Trinajstić information content (AvgIpc) is 2.94. The largest absolute Gasteiger partial charge is 0.397 e. The summed E-state index contributed by atoms with van der Waals surface area (Å²) in [6.45, 7) is 4.46. The summed E-state index contributed by atoms with van der Waals surface area (Å²) in [4.78, 5) is 12.1. The van der Waals surface area contributed by atoms with E-state index >= 15 is 0 Å². The van der Waals surface area contributed by atoms with Gasteiger partial charge in [-0.15, -0.1) is 0 Å². The molecule has 0 fully saturated rings. The molecular formula is C12H17N5O. The number of carbonyl (C=O) groups excluding carboxylic acids is 1. The maximum absolute atomic E-state index is 12.1. The van der Waals surface area contributed by atoms with Gasteiger partial charge in [-0.3, -0.25) is 9.89 Å². The van der Waals surface area contributed by atoms with Gasteiger partial charge in [0.15, 0.2) is 0 Å². The number of aromatic nitrogens is 3. The summed E-state index contributed by atoms with van der Waals surface area (Å²) in [7, 11) is 0. The molecule has 6 heteroatoms. The molecule has 0 unspecified atom stereocenters. The number of nitrogen functional groups attached to an aromatic ring is 1. The smallest absolute Gasteiger partial charge is 0.268 e. The standard InChI is InChI=1S/C12H17N5O/c1-8(2)17-7-10(13)3-11(17)12(18)14-4-9-5-15-16-6-9/h3,5-8H,4,13H2,1-2H3,(H,14,18)(H,15,16). The van der Waals surface area contributed by atoms with E-state index in [-0.39, 0.29) is 11.9 Å². The number of H-pyrrole nitrogens is 1. The van der Waals surface area contributed by atoms with Crippen LogP contribution in [0.3, 0.4) is 0 Å². The second-order valence-electron chi connectivity index (χ2n) is 4.45. The minimum Gasteiger partial charge on any atom is -0.397 e. The van der Waals surface area contributed by atoms with Gasteiger partial charge in [0.25, 0.3) is 5.91 Å². The van der Waals surface area contributed by atoms with Gasteiger partial charge in [-0.25, -0.2) is 0 Å². The van der Waals surface area contributed by atoms with Crippen LogP contribution in [-0.2, 0) is 6.54 Å². The first-order chi connectivity index (χ1) is 8.58. The maximum Gasteiger partial charge on any atom is 0.268 e. The third-order valence-electron chi connectivity index (χ3n) is 2.67. The molecule has 2 aromatic heterocycles. The van der Waals surface area contributed by atoms with Crippen molar-refractivity contribution in [1.82, 2.24) is 20.1 Å². The molecule has 0 saturated carbocycles. The van der Waals surface area contributed by atoms with E-state index in [2.05, 4.69) is 15.5 Å². The number of carbonyl (C=O) groups is 1. The van der Waals surface area contributed by atoms with Gasteiger partial charge in [0.1, 0.15) is 5.69 Å². The Hall–Kier alpha value is -2.24. The fraction of sp³-hybridized carbons (Fsp3) is 0.333. The number of nitrogens with zero attached hydrogens (tertiary/aromatic N) is 2. The van der Waals surface area contributed by atoms with E-state index < -0.39 is 0 Å². The molecule has 0 aliphatic carbocycles. The monoisotopic (exact) mass is 247 g/mol. The zero-order chi connectivity index (χ0) is 13.1. The van der Waals surface area contributed by atoms with Crippen LogP contribution in [-0.4, -0.2) is 20.7 Å². The molecule has 0 radical (unpaired) electrons. The molecule has 0 aromatic carbocycles. The van der Waals surface area contributed by atoms with E-state index in [1.165, 1.54) is 0 Å². The minimum absolute atomic E-state index is 0.137. The number of anilines is 1. The SMILES string of the molecule is CC(C)n1cc(N)cc1C(=O)NCc1cn[nH]c1. The second kappa shape index (κ2) is 4.95. The molecule has 6 nitrogen and oxygen atoms in total. The highest BCUT2D eigenvalue weighted by Gasteiger charge is 2.14. The van der Waals surface area contributed by atoms with Gasteiger partial charge in [-0.2, -0.15) is 5.10 Å². The molecule has 4 N–H and O–H groups in total. The Morgan fingerprint density at radius 2 is 2.39 bits per heavy atom. The van der Waals surface area contributed by atoms with Gasteiger partial charge in [0, 0.05) is 30.5 Å². The van der Waals surface area contributed by atoms with E-state index in [9.17, 15) is 4.79 Å². The molecule has 0 aliphatic rings. The van der Waals surface area contributed by atoms with Crippen LogP contribution >= 0.6 is 0 Å². The van der Waals surface area contributed by atoms with E-state index in [4.69, 9.17) is 5.73 Å². The quantitative estimate of drug-likeness (QED) is 0.761. The summed E-state index contributed by atoms with van der Waals surface area (Å²) in [6, 6.07) is 1.88. The van der Waals surface area contributed by atoms with Crippen molar-refractivity contribution in [2.45, 2.75) is 26.4 Å². The molecule has 96 valence electrons. The number of aromatic amines is 1. The molecule has 1 amide bonds. The number of rotatable bonds is 4. The molecular weight excluding hydrogens is 230 g/mol. The number of nitrogens with one attached hydrogen (secondary N) is 2. The second-order valence-corrected chi connectivity index (χ2v) is 4.45. The van der Waals surface area contributed by atoms with E-state index in [1.54, 1.807) is 24.7 Å². The molecule has 2 aromatic rings. The van der Waals surface area contributed by atoms with Gasteiger partial charge in [0.05, 0.1) is 11.9 Å². The van der Waals surface area contributed by atoms with E-state index in [0.29, 0.717) is 17.9 Å². The van der Waals surface area contributed by atoms with E-state index in [0.717, 1.165) is 5.56 Å². The van der Waals surface area contributed by atoms with Crippen LogP contribution in [0.1, 0.15) is 35.9 Å². The van der Waals surface area contributed by atoms with Crippen molar-refractivity contribution in [1.29, 1.82) is 0 Å². The molecule has 2 rings (SSSR count). The predicted molar refractivity (Wildman–Crippen MR) is 69.0 cm³/mol. The summed E-state index contributed by atoms with van der Waals surface area (Å²) < 4.78 is 1.86. The number of hydrogen-bond donors (Lipinski definition) is 3. The third-order valence-corrected chi connectivity index (χ3v) is 2.67. The molecule has 2 heterocycles. The first-order valence-electron chi connectivity index (χ1n) is 5.81. The Labute approximate surface area is 105 Å². The number of amides is 1. The van der Waals surface area contributed by atoms with Crippen molar-refractivity contribution in [3.8, 4) is 0 Å². The summed E-state index contributed by atoms with van der Waals surface area (Å²) in [6.07, 6.45) is 5.20. The van der Waals surface area contributed by atoms with E-state index in [1.807, 2.05) is 18.4 Å². The molecule has 18 heavy (non-hydrogen) atoms. The van der Waals surface area contributed by atoms with Crippen molar-refractivity contribution in [2.75, 3.05) is 5.73 Å². The van der Waals surface area contributed by atoms with Crippen molar-refractivity contribution in [2.24, 2.45) is 0 Å². The molecule has 0 aliphatic heterocycles. The highest BCUT2D eigenvalue weighted by Crippen LogP contribution is 2.16. The Bertz CT molecular complexity index is 527. The van der Waals surface area contributed by atoms with Gasteiger partial charge in [-0.1, -0.05) is 0 Å². The first kappa shape index (κ1) is 12.2. The van der Waals surface area contributed by atoms with Crippen molar-refractivity contribution < 1.29 is 4.79 Å². The van der Waals surface area contributed by atoms with Crippen LogP contribution in [0.4, 0.5) is 5.69 Å². The predicted octanol–water partition coefficient (Wildman–Crippen LogP) is 1.30. The molecule has 0 spiro atoms. The lowest BCUT2D eigenvalue weighted by molar-refractivity contribution is 0.0940. The van der Waals surface area contributed by atoms with Crippen LogP contribution in [0.25, 0.3) is 0 Å². The molecule has 0 bridgehead atoms. The number of nitrogens with two attached hydrogens (primary N) is 1. The zero-order valence-electron chi connectivity index (χ0n) is 10.5. The molecule has 0 saturated heterocycles. The van der Waals surface area contributed by atoms with Crippen molar-refractivity contribution in [3.05, 3.63) is 35.9 Å². The summed E-state index contributed by atoms with van der Waals surface area (Å²) in [5.41, 5.74) is 7.83. The lowest BCUT2D eigenvalue weighted by atomic mass is 10.3. The minimum atomic E-state index is -0.137. The van der Waals surface area contributed by atoms with Gasteiger partial charge in [-0.05, 0) is 19.9 Å². The van der Waals surface area contributed by atoms with Gasteiger partial charge < -0.3 is 15.6 Å². The number of hydrogen-bond acceptors (Lipinski definition) is 3. The highest BCUT2D eigenvalue weighted by molar-refractivity contribution is 5.93. The fourth-order valence-corrected chi connectivity index (χ4v) is 1.76. The maximum atomic E-state index is 12.1. The third kappa shape index (κ3) is 2.53. The summed E-state index contributed by atoms with van der Waals surface area (Å²) >= 11 is 0. The Balaban J connectivity index is 2.09. The van der Waals surface area contributed by atoms with Gasteiger partial charge >= 0.3 is 0 Å². The average molecular weight is 247 g/mol. The van der Waals surface area contributed by atoms with Gasteiger partial charge in [0.2, 0.25) is 0 Å². The lowest BCUT2D eigenvalue weighted by Crippen LogP contribution is -2.25. The lowest BCUT2D eigenvalue weighted by Gasteiger charge is -2.12. The topological polar surface area (TPSA) is 88.7 Å². The fourth-order valence-electron chi connectivity index (χ4n) is 1.76. The first-order valence-corrected chi connectivity index (χ1v) is 5.81. The highest BCUT2D eigenvalue weighted by atomic mass is 16.1. The summed E-state index contributed by atoms with van der Waals surface area (Å²) in [5.74, 6) is -0.137. The Morgan fingerprint density at radius 1 is 1.61 bits per heavy atom. The van der Waals surface area contributed by atoms with Crippen LogP contribution in [0.2, 0.25) is 0 Å². The Kier molecular flexibility index (Phi) is 3.36. The normalized spacial score (nSPS) is 10.8. The summed E-state index contributed by atoms with van der Waals surface area (Å²) in [5, 5.41) is 9.36. The zero-order valence-corrected chi connectivity index (χ0v) is 10.5. The van der Waals surface area contributed by atoms with Crippen LogP contribution in [0, 0.1) is 0 Å².